The van der Waals surface area contributed by atoms with Crippen molar-refractivity contribution in [3.63, 3.8) is 0 Å². The summed E-state index contributed by atoms with van der Waals surface area (Å²) < 4.78 is 50.5. The summed E-state index contributed by atoms with van der Waals surface area (Å²) in [5.74, 6) is -0.929. The zero-order valence-corrected chi connectivity index (χ0v) is 47.5. The highest BCUT2D eigenvalue weighted by atomic mass is 32.1. The van der Waals surface area contributed by atoms with Gasteiger partial charge in [-0.15, -0.1) is 11.3 Å². The molecule has 0 spiro atoms. The lowest BCUT2D eigenvalue weighted by Gasteiger charge is -2.35. The average molecular weight is 1140 g/mol. The van der Waals surface area contributed by atoms with Crippen molar-refractivity contribution in [1.29, 1.82) is 0 Å². The molecule has 2 saturated heterocycles. The van der Waals surface area contributed by atoms with E-state index in [2.05, 4.69) is 36.0 Å². The Morgan fingerprint density at radius 1 is 0.951 bits per heavy atom. The second-order valence-electron chi connectivity index (χ2n) is 22.1. The predicted molar refractivity (Wildman–Crippen MR) is 299 cm³/mol. The van der Waals surface area contributed by atoms with Crippen molar-refractivity contribution < 1.29 is 52.1 Å². The maximum atomic E-state index is 15.1. The number of aliphatic hydroxyl groups excluding tert-OH is 1. The average Bonchev–Trinajstić information content (AvgIpc) is 4.33. The lowest BCUT2D eigenvalue weighted by atomic mass is 9.85. The Morgan fingerprint density at radius 3 is 2.43 bits per heavy atom. The molecule has 0 radical (unpaired) electrons. The molecule has 7 heterocycles. The van der Waals surface area contributed by atoms with E-state index in [1.807, 2.05) is 56.9 Å². The molecule has 9 rings (SSSR count). The van der Waals surface area contributed by atoms with E-state index in [1.165, 1.54) is 15.8 Å². The second kappa shape index (κ2) is 26.4. The van der Waals surface area contributed by atoms with Gasteiger partial charge in [-0.2, -0.15) is 10.2 Å². The number of carbonyl (C=O) groups is 5. The van der Waals surface area contributed by atoms with Gasteiger partial charge in [-0.25, -0.2) is 18.6 Å². The highest BCUT2D eigenvalue weighted by Gasteiger charge is 2.44. The molecule has 24 heteroatoms. The van der Waals surface area contributed by atoms with Gasteiger partial charge in [0.25, 0.3) is 6.43 Å². The number of fused-ring (bicyclic) bond motifs is 2. The van der Waals surface area contributed by atoms with Crippen LogP contribution < -0.4 is 26.2 Å². The number of urea groups is 1. The fourth-order valence-electron chi connectivity index (χ4n) is 11.1. The van der Waals surface area contributed by atoms with Crippen molar-refractivity contribution in [2.75, 3.05) is 77.8 Å². The van der Waals surface area contributed by atoms with Crippen LogP contribution >= 0.6 is 11.3 Å². The van der Waals surface area contributed by atoms with E-state index in [9.17, 15) is 29.1 Å². The quantitative estimate of drug-likeness (QED) is 0.0564. The van der Waals surface area contributed by atoms with Gasteiger partial charge in [0.1, 0.15) is 18.6 Å². The number of aliphatic hydroxyl groups is 1. The van der Waals surface area contributed by atoms with Gasteiger partial charge in [-0.1, -0.05) is 45.0 Å². The molecule has 3 atom stereocenters. The Hall–Kier alpha value is -6.86. The van der Waals surface area contributed by atoms with Gasteiger partial charge in [0.15, 0.2) is 5.82 Å². The van der Waals surface area contributed by atoms with Crippen molar-refractivity contribution in [3.05, 3.63) is 87.9 Å². The van der Waals surface area contributed by atoms with Crippen LogP contribution in [0.4, 0.5) is 25.1 Å². The molecule has 4 aliphatic rings. The van der Waals surface area contributed by atoms with E-state index in [0.29, 0.717) is 68.3 Å². The Morgan fingerprint density at radius 2 is 1.72 bits per heavy atom. The standard InChI is InChI=1S/C57H74F2N12O9S/c1-35-50(81-34-63-35)37-10-8-36(9-11-37)28-62-54(75)47-26-41(72)31-70(47)55(76)51(57(2,3)4)65-48(73)15-21-79-23-24-80-22-16-61-49(74)33-68-30-39(29-64-68)42-25-38-7-6-17-69(46(38)27-43(42)52(58)59)53-44-32-67(56(77)60-5)18-12-45(44)71(66-53)40-13-19-78-20-14-40/h8-11,25,27,29-30,34,40-41,47,51-52,72H,6-7,12-24,26,28,31-33H2,1-5H3,(H,60,77)(H,61,74)(H,62,75)(H,65,73)/t41-,47+,51-/m1/s1. The summed E-state index contributed by atoms with van der Waals surface area (Å²) in [6.07, 6.45) is 3.11. The van der Waals surface area contributed by atoms with E-state index < -0.39 is 47.7 Å². The van der Waals surface area contributed by atoms with E-state index in [-0.39, 0.29) is 89.0 Å². The number of hydrogen-bond donors (Lipinski definition) is 5. The summed E-state index contributed by atoms with van der Waals surface area (Å²) in [5, 5.41) is 31.4. The Bertz CT molecular complexity index is 3030. The number of hydrogen-bond acceptors (Lipinski definition) is 14. The summed E-state index contributed by atoms with van der Waals surface area (Å²) >= 11 is 1.56. The fraction of sp³-hybridized carbons (Fsp3) is 0.544. The highest BCUT2D eigenvalue weighted by molar-refractivity contribution is 7.13. The van der Waals surface area contributed by atoms with Crippen LogP contribution in [0.3, 0.4) is 0 Å². The van der Waals surface area contributed by atoms with Crippen molar-refractivity contribution in [3.8, 4) is 21.6 Å². The molecule has 21 nitrogen and oxygen atoms in total. The molecule has 3 aromatic heterocycles. The van der Waals surface area contributed by atoms with Gasteiger partial charge in [-0.05, 0) is 72.4 Å². The summed E-state index contributed by atoms with van der Waals surface area (Å²) in [6, 6.07) is 9.25. The molecule has 5 aromatic rings. The molecule has 0 aliphatic carbocycles. The molecule has 6 amide bonds. The lowest BCUT2D eigenvalue weighted by Crippen LogP contribution is -2.57. The number of thiazole rings is 1. The molecule has 2 aromatic carbocycles. The minimum atomic E-state index is -2.80. The zero-order chi connectivity index (χ0) is 57.4. The Balaban J connectivity index is 0.706. The van der Waals surface area contributed by atoms with Crippen LogP contribution in [0.15, 0.2) is 54.3 Å². The summed E-state index contributed by atoms with van der Waals surface area (Å²) in [7, 11) is 1.61. The Labute approximate surface area is 474 Å². The molecule has 436 valence electrons. The minimum absolute atomic E-state index is 0.0393. The van der Waals surface area contributed by atoms with Crippen LogP contribution in [-0.4, -0.2) is 160 Å². The maximum Gasteiger partial charge on any atom is 0.317 e. The van der Waals surface area contributed by atoms with Crippen LogP contribution in [0.5, 0.6) is 0 Å². The number of rotatable bonds is 21. The topological polar surface area (TPSA) is 240 Å². The number of nitrogens with one attached hydrogen (secondary N) is 4. The number of likely N-dealkylation sites (tertiary alicyclic amines) is 1. The van der Waals surface area contributed by atoms with Crippen molar-refractivity contribution in [2.24, 2.45) is 5.41 Å². The smallest absolute Gasteiger partial charge is 0.317 e. The van der Waals surface area contributed by atoms with Gasteiger partial charge in [0.2, 0.25) is 23.6 Å². The van der Waals surface area contributed by atoms with Crippen LogP contribution in [-0.2, 0) is 65.9 Å². The SMILES string of the molecule is CNC(=O)N1CCc2c(c(N3CCCc4cc(-c5cnn(CC(=O)NCCOCCOCCC(=O)N[C@H](C(=O)N6C[C@H](O)C[C@H]6C(=O)NCc6ccc(-c7scnc7C)cc6)C(C)(C)C)c5)c(C(F)F)cc43)nn2C2CCOCC2)C1. The van der Waals surface area contributed by atoms with Crippen molar-refractivity contribution >= 4 is 52.5 Å². The van der Waals surface area contributed by atoms with Crippen LogP contribution in [0, 0.1) is 12.3 Å². The highest BCUT2D eigenvalue weighted by Crippen LogP contribution is 2.44. The molecule has 2 fully saturated rings. The summed E-state index contributed by atoms with van der Waals surface area (Å²) in [4.78, 5) is 76.9. The van der Waals surface area contributed by atoms with Crippen LogP contribution in [0.1, 0.15) is 99.0 Å². The number of aryl methyl sites for hydroxylation is 2. The number of amides is 6. The van der Waals surface area contributed by atoms with E-state index in [1.54, 1.807) is 47.1 Å². The lowest BCUT2D eigenvalue weighted by molar-refractivity contribution is -0.144. The number of aromatic nitrogens is 5. The van der Waals surface area contributed by atoms with Gasteiger partial charge < -0.3 is 55.3 Å². The van der Waals surface area contributed by atoms with Gasteiger partial charge >= 0.3 is 6.03 Å². The third kappa shape index (κ3) is 14.1. The van der Waals surface area contributed by atoms with Crippen LogP contribution in [0.2, 0.25) is 0 Å². The number of β-amino-alcohol motifs (C(OH)–C–C–N with tert-alkyl or cyclic N) is 1. The predicted octanol–water partition coefficient (Wildman–Crippen LogP) is 5.60. The van der Waals surface area contributed by atoms with Crippen molar-refractivity contribution in [2.45, 2.75) is 123 Å². The first-order valence-electron chi connectivity index (χ1n) is 27.8. The van der Waals surface area contributed by atoms with E-state index in [4.69, 9.17) is 19.3 Å². The van der Waals surface area contributed by atoms with Gasteiger partial charge in [0.05, 0.1) is 67.4 Å². The first-order valence-corrected chi connectivity index (χ1v) is 28.7. The number of anilines is 2. The normalized spacial score (nSPS) is 17.9. The molecular weight excluding hydrogens is 1070 g/mol. The third-order valence-corrected chi connectivity index (χ3v) is 16.3. The number of alkyl halides is 2. The van der Waals surface area contributed by atoms with Gasteiger partial charge in [0, 0.05) is 107 Å². The minimum Gasteiger partial charge on any atom is -0.391 e. The monoisotopic (exact) mass is 1140 g/mol. The first kappa shape index (κ1) is 58.8. The Kier molecular flexibility index (Phi) is 19.1. The third-order valence-electron chi connectivity index (χ3n) is 15.3. The molecule has 5 N–H and O–H groups in total. The number of nitrogens with zero attached hydrogens (tertiary/aromatic N) is 8. The number of ether oxygens (including phenoxy) is 3. The summed E-state index contributed by atoms with van der Waals surface area (Å²) in [5.41, 5.74) is 8.14. The maximum absolute atomic E-state index is 15.1. The zero-order valence-electron chi connectivity index (χ0n) is 46.7. The number of benzene rings is 2. The fourth-order valence-corrected chi connectivity index (χ4v) is 11.9. The first-order chi connectivity index (χ1) is 39.0. The number of halogens is 2. The van der Waals surface area contributed by atoms with Crippen molar-refractivity contribution in [1.82, 2.24) is 55.6 Å². The molecule has 0 bridgehead atoms. The second-order valence-corrected chi connectivity index (χ2v) is 22.9. The number of carbonyl (C=O) groups excluding carboxylic acids is 5. The van der Waals surface area contributed by atoms with Crippen LogP contribution in [0.25, 0.3) is 21.6 Å². The van der Waals surface area contributed by atoms with Gasteiger partial charge in [-0.3, -0.25) is 28.5 Å². The molecule has 81 heavy (non-hydrogen) atoms. The van der Waals surface area contributed by atoms with E-state index >= 15 is 8.78 Å². The molecule has 0 saturated carbocycles. The molecular formula is C57H74F2N12O9S. The van der Waals surface area contributed by atoms with E-state index in [0.717, 1.165) is 57.8 Å². The largest absolute Gasteiger partial charge is 0.391 e. The molecule has 4 aliphatic heterocycles. The molecule has 0 unspecified atom stereocenters. The summed E-state index contributed by atoms with van der Waals surface area (Å²) in [6.45, 7) is 11.0.